The van der Waals surface area contributed by atoms with Crippen molar-refractivity contribution in [3.05, 3.63) is 12.2 Å². The maximum Gasteiger partial charge on any atom is 0.129 e. The molecule has 0 radical (unpaired) electrons. The highest BCUT2D eigenvalue weighted by molar-refractivity contribution is 5.75. The molecule has 3 saturated carbocycles. The number of rotatable bonds is 4. The van der Waals surface area contributed by atoms with Crippen molar-refractivity contribution in [2.45, 2.75) is 85.5 Å². The lowest BCUT2D eigenvalue weighted by Crippen LogP contribution is -2.60. The number of ketones is 1. The van der Waals surface area contributed by atoms with Gasteiger partial charge in [0.05, 0.1) is 0 Å². The molecule has 140 valence electrons. The molecule has 0 amide bonds. The Labute approximate surface area is 153 Å². The summed E-state index contributed by atoms with van der Waals surface area (Å²) in [5.41, 5.74) is 1.58. The summed E-state index contributed by atoms with van der Waals surface area (Å²) in [5, 5.41) is 0. The lowest BCUT2D eigenvalue weighted by atomic mass is 9.39. The van der Waals surface area contributed by atoms with E-state index in [2.05, 4.69) is 27.4 Å². The van der Waals surface area contributed by atoms with Gasteiger partial charge in [-0.25, -0.2) is 0 Å². The van der Waals surface area contributed by atoms with E-state index in [1.165, 1.54) is 31.1 Å². The van der Waals surface area contributed by atoms with Crippen molar-refractivity contribution in [3.63, 3.8) is 0 Å². The van der Waals surface area contributed by atoms with E-state index in [0.717, 1.165) is 32.1 Å². The van der Waals surface area contributed by atoms with Crippen LogP contribution < -0.4 is 0 Å². The Morgan fingerprint density at radius 2 is 1.88 bits per heavy atom. The maximum absolute atomic E-state index is 12.6. The fourth-order valence-electron chi connectivity index (χ4n) is 7.34. The summed E-state index contributed by atoms with van der Waals surface area (Å²) >= 11 is 0. The second-order valence-electron chi connectivity index (χ2n) is 10.2. The number of aldehydes is 1. The summed E-state index contributed by atoms with van der Waals surface area (Å²) in [5.74, 6) is 1.65. The van der Waals surface area contributed by atoms with Gasteiger partial charge in [-0.2, -0.15) is 0 Å². The largest absolute Gasteiger partial charge is 0.303 e. The molecule has 0 aromatic carbocycles. The van der Waals surface area contributed by atoms with E-state index in [-0.39, 0.29) is 22.0 Å². The molecule has 25 heavy (non-hydrogen) atoms. The smallest absolute Gasteiger partial charge is 0.129 e. The van der Waals surface area contributed by atoms with Gasteiger partial charge in [0.2, 0.25) is 0 Å². The SMILES string of the molecule is C=C1CC[C@@H]2[C@@](C)(CC[C@@H]3C(C)(C)CCC[C@@]32C=O)[C@@H]1CCC(C)=O. The lowest BCUT2D eigenvalue weighted by molar-refractivity contribution is -0.169. The molecule has 3 rings (SSSR count). The van der Waals surface area contributed by atoms with E-state index < -0.39 is 0 Å². The molecule has 0 bridgehead atoms. The number of Topliss-reactive ketones (excluding diaryl/α,β-unsaturated/α-hetero) is 1. The summed E-state index contributed by atoms with van der Waals surface area (Å²) in [6.45, 7) is 13.3. The molecule has 0 heterocycles. The number of hydrogen-bond donors (Lipinski definition) is 0. The second-order valence-corrected chi connectivity index (χ2v) is 10.2. The zero-order chi connectivity index (χ0) is 18.5. The van der Waals surface area contributed by atoms with Crippen LogP contribution in [-0.4, -0.2) is 12.1 Å². The van der Waals surface area contributed by atoms with Crippen molar-refractivity contribution in [2.75, 3.05) is 0 Å². The minimum atomic E-state index is -0.149. The number of hydrogen-bond acceptors (Lipinski definition) is 2. The van der Waals surface area contributed by atoms with Crippen LogP contribution in [0.4, 0.5) is 0 Å². The van der Waals surface area contributed by atoms with Crippen LogP contribution in [0.25, 0.3) is 0 Å². The van der Waals surface area contributed by atoms with Gasteiger partial charge in [-0.05, 0) is 80.5 Å². The number of carbonyl (C=O) groups is 2. The molecule has 3 aliphatic carbocycles. The molecule has 3 aliphatic rings. The number of carbonyl (C=O) groups excluding carboxylic acids is 2. The minimum Gasteiger partial charge on any atom is -0.303 e. The van der Waals surface area contributed by atoms with E-state index in [4.69, 9.17) is 0 Å². The van der Waals surface area contributed by atoms with Crippen molar-refractivity contribution in [1.82, 2.24) is 0 Å². The van der Waals surface area contributed by atoms with Crippen LogP contribution in [0.5, 0.6) is 0 Å². The molecule has 0 unspecified atom stereocenters. The highest BCUT2D eigenvalue weighted by atomic mass is 16.1. The molecule has 0 spiro atoms. The standard InChI is InChI=1S/C23H36O2/c1-16-7-10-20-22(5,18(16)9-8-17(2)25)14-11-19-21(3,4)12-6-13-23(19,20)15-24/h15,18-20H,1,6-14H2,2-5H3/t18-,19-,20-,22+,23-/m1/s1. The molecule has 0 saturated heterocycles. The van der Waals surface area contributed by atoms with Crippen LogP contribution in [0.2, 0.25) is 0 Å². The monoisotopic (exact) mass is 344 g/mol. The highest BCUT2D eigenvalue weighted by Crippen LogP contribution is 2.68. The van der Waals surface area contributed by atoms with Crippen LogP contribution in [0, 0.1) is 34.0 Å². The van der Waals surface area contributed by atoms with Crippen LogP contribution in [0.15, 0.2) is 12.2 Å². The number of allylic oxidation sites excluding steroid dienone is 1. The Morgan fingerprint density at radius 1 is 1.16 bits per heavy atom. The van der Waals surface area contributed by atoms with E-state index in [1.54, 1.807) is 6.92 Å². The predicted octanol–water partition coefficient (Wildman–Crippen LogP) is 5.75. The molecule has 0 N–H and O–H groups in total. The van der Waals surface area contributed by atoms with Crippen molar-refractivity contribution >= 4 is 12.1 Å². The van der Waals surface area contributed by atoms with Gasteiger partial charge in [-0.15, -0.1) is 0 Å². The first-order valence-corrected chi connectivity index (χ1v) is 10.3. The van der Waals surface area contributed by atoms with Gasteiger partial charge in [0.15, 0.2) is 0 Å². The van der Waals surface area contributed by atoms with E-state index in [0.29, 0.717) is 24.2 Å². The molecule has 0 aromatic rings. The molecule has 2 nitrogen and oxygen atoms in total. The molecule has 3 fully saturated rings. The summed E-state index contributed by atoms with van der Waals surface area (Å²) < 4.78 is 0. The predicted molar refractivity (Wildman–Crippen MR) is 102 cm³/mol. The average molecular weight is 345 g/mol. The van der Waals surface area contributed by atoms with Gasteiger partial charge in [-0.3, -0.25) is 0 Å². The molecule has 0 aromatic heterocycles. The van der Waals surface area contributed by atoms with Crippen molar-refractivity contribution in [3.8, 4) is 0 Å². The molecule has 0 aliphatic heterocycles. The third-order valence-corrected chi connectivity index (χ3v) is 8.49. The van der Waals surface area contributed by atoms with E-state index >= 15 is 0 Å². The summed E-state index contributed by atoms with van der Waals surface area (Å²) in [6.07, 6.45) is 10.9. The average Bonchev–Trinajstić information content (AvgIpc) is 2.52. The van der Waals surface area contributed by atoms with Crippen LogP contribution in [0.1, 0.15) is 85.5 Å². The van der Waals surface area contributed by atoms with Crippen LogP contribution in [-0.2, 0) is 9.59 Å². The highest BCUT2D eigenvalue weighted by Gasteiger charge is 2.63. The van der Waals surface area contributed by atoms with Gasteiger partial charge in [-0.1, -0.05) is 39.3 Å². The summed E-state index contributed by atoms with van der Waals surface area (Å²) in [7, 11) is 0. The minimum absolute atomic E-state index is 0.135. The Kier molecular flexibility index (Phi) is 4.79. The Hall–Kier alpha value is -0.920. The number of fused-ring (bicyclic) bond motifs is 3. The first-order valence-electron chi connectivity index (χ1n) is 10.3. The van der Waals surface area contributed by atoms with Gasteiger partial charge < -0.3 is 9.59 Å². The zero-order valence-corrected chi connectivity index (χ0v) is 16.7. The van der Waals surface area contributed by atoms with Gasteiger partial charge >= 0.3 is 0 Å². The third kappa shape index (κ3) is 2.84. The van der Waals surface area contributed by atoms with Crippen LogP contribution in [0.3, 0.4) is 0 Å². The molecular formula is C23H36O2. The van der Waals surface area contributed by atoms with Gasteiger partial charge in [0.1, 0.15) is 12.1 Å². The Morgan fingerprint density at radius 3 is 2.52 bits per heavy atom. The fraction of sp³-hybridized carbons (Fsp3) is 0.826. The van der Waals surface area contributed by atoms with Crippen molar-refractivity contribution in [2.24, 2.45) is 34.0 Å². The zero-order valence-electron chi connectivity index (χ0n) is 16.7. The first kappa shape index (κ1) is 18.9. The van der Waals surface area contributed by atoms with Crippen molar-refractivity contribution < 1.29 is 9.59 Å². The van der Waals surface area contributed by atoms with Crippen molar-refractivity contribution in [1.29, 1.82) is 0 Å². The lowest BCUT2D eigenvalue weighted by Gasteiger charge is -2.65. The third-order valence-electron chi connectivity index (χ3n) is 8.49. The quantitative estimate of drug-likeness (QED) is 0.480. The normalized spacial score (nSPS) is 43.0. The van der Waals surface area contributed by atoms with E-state index in [1.807, 2.05) is 0 Å². The van der Waals surface area contributed by atoms with Gasteiger partial charge in [0, 0.05) is 11.8 Å². The summed E-state index contributed by atoms with van der Waals surface area (Å²) in [6, 6.07) is 0. The maximum atomic E-state index is 12.6. The molecule has 2 heteroatoms. The first-order chi connectivity index (χ1) is 11.7. The molecular weight excluding hydrogens is 308 g/mol. The summed E-state index contributed by atoms with van der Waals surface area (Å²) in [4.78, 5) is 24.2. The topological polar surface area (TPSA) is 34.1 Å². The Balaban J connectivity index is 1.99. The van der Waals surface area contributed by atoms with Crippen LogP contribution >= 0.6 is 0 Å². The fourth-order valence-corrected chi connectivity index (χ4v) is 7.34. The Bertz CT molecular complexity index is 575. The van der Waals surface area contributed by atoms with E-state index in [9.17, 15) is 9.59 Å². The molecule has 5 atom stereocenters. The second kappa shape index (κ2) is 6.35. The van der Waals surface area contributed by atoms with Gasteiger partial charge in [0.25, 0.3) is 0 Å².